The van der Waals surface area contributed by atoms with Crippen molar-refractivity contribution >= 4 is 17.8 Å². The van der Waals surface area contributed by atoms with Crippen LogP contribution < -0.4 is 10.6 Å². The van der Waals surface area contributed by atoms with Crippen molar-refractivity contribution in [1.82, 2.24) is 15.3 Å². The largest absolute Gasteiger partial charge is 0.345 e. The maximum Gasteiger partial charge on any atom is 0.316 e. The summed E-state index contributed by atoms with van der Waals surface area (Å²) in [6.07, 6.45) is 10.7. The van der Waals surface area contributed by atoms with Crippen molar-refractivity contribution in [3.05, 3.63) is 18.5 Å². The van der Waals surface area contributed by atoms with E-state index in [4.69, 9.17) is 0 Å². The maximum absolute atomic E-state index is 12.3. The first-order valence-corrected chi connectivity index (χ1v) is 8.93. The summed E-state index contributed by atoms with van der Waals surface area (Å²) in [5.41, 5.74) is 0.188. The lowest BCUT2D eigenvalue weighted by Crippen LogP contribution is -2.57. The molecule has 0 aromatic carbocycles. The lowest BCUT2D eigenvalue weighted by Gasteiger charge is -2.59. The van der Waals surface area contributed by atoms with Crippen LogP contribution in [0.5, 0.6) is 0 Å². The van der Waals surface area contributed by atoms with Crippen molar-refractivity contribution in [3.63, 3.8) is 0 Å². The van der Waals surface area contributed by atoms with Crippen molar-refractivity contribution in [2.24, 2.45) is 23.2 Å². The molecule has 1 heterocycles. The van der Waals surface area contributed by atoms with E-state index < -0.39 is 11.8 Å². The van der Waals surface area contributed by atoms with E-state index in [9.17, 15) is 9.59 Å². The molecule has 5 rings (SSSR count). The predicted molar refractivity (Wildman–Crippen MR) is 88.9 cm³/mol. The molecule has 1 aromatic rings. The van der Waals surface area contributed by atoms with E-state index in [2.05, 4.69) is 27.5 Å². The summed E-state index contributed by atoms with van der Waals surface area (Å²) in [6.45, 7) is 2.07. The van der Waals surface area contributed by atoms with Gasteiger partial charge in [-0.05, 0) is 74.7 Å². The second-order valence-corrected chi connectivity index (χ2v) is 8.00. The zero-order valence-electron chi connectivity index (χ0n) is 14.0. The molecule has 4 aliphatic rings. The van der Waals surface area contributed by atoms with Gasteiger partial charge in [0.25, 0.3) is 0 Å². The first-order chi connectivity index (χ1) is 11.5. The van der Waals surface area contributed by atoms with Gasteiger partial charge in [0.1, 0.15) is 0 Å². The third kappa shape index (κ3) is 2.78. The van der Waals surface area contributed by atoms with Gasteiger partial charge in [-0.3, -0.25) is 14.9 Å². The number of carbonyl (C=O) groups excluding carboxylic acids is 2. The monoisotopic (exact) mass is 328 g/mol. The number of nitrogens with zero attached hydrogens (tertiary/aromatic N) is 2. The summed E-state index contributed by atoms with van der Waals surface area (Å²) in [7, 11) is 0. The van der Waals surface area contributed by atoms with E-state index in [0.717, 1.165) is 17.8 Å². The molecule has 4 bridgehead atoms. The molecule has 2 N–H and O–H groups in total. The van der Waals surface area contributed by atoms with Gasteiger partial charge in [0, 0.05) is 18.4 Å². The first-order valence-electron chi connectivity index (χ1n) is 8.93. The van der Waals surface area contributed by atoms with Gasteiger partial charge in [-0.1, -0.05) is 0 Å². The van der Waals surface area contributed by atoms with Crippen molar-refractivity contribution < 1.29 is 9.59 Å². The average Bonchev–Trinajstić information content (AvgIpc) is 2.54. The van der Waals surface area contributed by atoms with Gasteiger partial charge < -0.3 is 5.32 Å². The molecule has 0 spiro atoms. The fraction of sp³-hybridized carbons (Fsp3) is 0.667. The zero-order chi connectivity index (χ0) is 16.7. The first kappa shape index (κ1) is 15.5. The Morgan fingerprint density at radius 2 is 1.58 bits per heavy atom. The second kappa shape index (κ2) is 5.83. The van der Waals surface area contributed by atoms with Crippen LogP contribution in [0.15, 0.2) is 18.5 Å². The Labute approximate surface area is 141 Å². The third-order valence-corrected chi connectivity index (χ3v) is 6.35. The Morgan fingerprint density at radius 1 is 1.04 bits per heavy atom. The minimum absolute atomic E-state index is 0.0286. The van der Waals surface area contributed by atoms with Crippen molar-refractivity contribution in [1.29, 1.82) is 0 Å². The molecule has 4 saturated carbocycles. The van der Waals surface area contributed by atoms with Gasteiger partial charge in [-0.2, -0.15) is 0 Å². The van der Waals surface area contributed by atoms with Gasteiger partial charge in [0.15, 0.2) is 0 Å². The third-order valence-electron chi connectivity index (χ3n) is 6.35. The second-order valence-electron chi connectivity index (χ2n) is 8.00. The number of amides is 2. The molecule has 24 heavy (non-hydrogen) atoms. The lowest BCUT2D eigenvalue weighted by atomic mass is 9.48. The van der Waals surface area contributed by atoms with Gasteiger partial charge in [0.05, 0.1) is 0 Å². The van der Waals surface area contributed by atoms with Crippen LogP contribution >= 0.6 is 0 Å². The number of nitrogens with one attached hydrogen (secondary N) is 2. The maximum atomic E-state index is 12.3. The summed E-state index contributed by atoms with van der Waals surface area (Å²) in [4.78, 5) is 32.2. The predicted octanol–water partition coefficient (Wildman–Crippen LogP) is 2.14. The molecule has 4 aliphatic carbocycles. The highest BCUT2D eigenvalue weighted by atomic mass is 16.2. The van der Waals surface area contributed by atoms with E-state index in [1.165, 1.54) is 50.9 Å². The van der Waals surface area contributed by atoms with Crippen molar-refractivity contribution in [2.75, 3.05) is 5.32 Å². The van der Waals surface area contributed by atoms with Gasteiger partial charge in [-0.15, -0.1) is 0 Å². The Bertz CT molecular complexity index is 610. The number of carbonyl (C=O) groups is 2. The number of rotatable bonds is 3. The highest BCUT2D eigenvalue weighted by molar-refractivity contribution is 6.39. The standard InChI is InChI=1S/C18H24N4O2/c1-11(18-8-12-5-13(9-18)7-14(6-12)10-18)21-15(23)16(24)22-17-19-3-2-4-20-17/h2-4,11-14H,5-10H2,1H3,(H,21,23)(H,19,20,22,24). The lowest BCUT2D eigenvalue weighted by molar-refractivity contribution is -0.138. The zero-order valence-corrected chi connectivity index (χ0v) is 14.0. The normalized spacial score (nSPS) is 34.6. The number of hydrogen-bond donors (Lipinski definition) is 2. The SMILES string of the molecule is CC(NC(=O)C(=O)Nc1ncccn1)C12CC3CC(CC(C3)C1)C2. The summed E-state index contributed by atoms with van der Waals surface area (Å²) >= 11 is 0. The molecule has 0 aliphatic heterocycles. The smallest absolute Gasteiger partial charge is 0.316 e. The van der Waals surface area contributed by atoms with Crippen LogP contribution in [0.3, 0.4) is 0 Å². The van der Waals surface area contributed by atoms with Crippen LogP contribution in [0, 0.1) is 23.2 Å². The van der Waals surface area contributed by atoms with Crippen LogP contribution in [0.1, 0.15) is 45.4 Å². The molecule has 128 valence electrons. The van der Waals surface area contributed by atoms with Crippen LogP contribution in [0.2, 0.25) is 0 Å². The van der Waals surface area contributed by atoms with Gasteiger partial charge in [-0.25, -0.2) is 9.97 Å². The Hall–Kier alpha value is -1.98. The highest BCUT2D eigenvalue weighted by Crippen LogP contribution is 2.61. The van der Waals surface area contributed by atoms with Crippen LogP contribution in [-0.2, 0) is 9.59 Å². The fourth-order valence-electron chi connectivity index (χ4n) is 5.65. The quantitative estimate of drug-likeness (QED) is 0.833. The molecule has 2 amide bonds. The molecule has 4 fully saturated rings. The minimum atomic E-state index is -0.697. The summed E-state index contributed by atoms with van der Waals surface area (Å²) < 4.78 is 0. The van der Waals surface area contributed by atoms with Gasteiger partial charge >= 0.3 is 11.8 Å². The Balaban J connectivity index is 1.39. The average molecular weight is 328 g/mol. The molecule has 1 atom stereocenters. The molecular formula is C18H24N4O2. The molecule has 6 nitrogen and oxygen atoms in total. The molecule has 0 saturated heterocycles. The summed E-state index contributed by atoms with van der Waals surface area (Å²) in [5.74, 6) is 1.33. The van der Waals surface area contributed by atoms with Gasteiger partial charge in [0.2, 0.25) is 5.95 Å². The molecular weight excluding hydrogens is 304 g/mol. The molecule has 0 radical (unpaired) electrons. The molecule has 1 aromatic heterocycles. The minimum Gasteiger partial charge on any atom is -0.345 e. The topological polar surface area (TPSA) is 84.0 Å². The van der Waals surface area contributed by atoms with Crippen molar-refractivity contribution in [3.8, 4) is 0 Å². The molecule has 6 heteroatoms. The number of hydrogen-bond acceptors (Lipinski definition) is 4. The van der Waals surface area contributed by atoms with Crippen LogP contribution in [0.25, 0.3) is 0 Å². The van der Waals surface area contributed by atoms with Crippen molar-refractivity contribution in [2.45, 2.75) is 51.5 Å². The fourth-order valence-corrected chi connectivity index (χ4v) is 5.65. The van der Waals surface area contributed by atoms with E-state index >= 15 is 0 Å². The Kier molecular flexibility index (Phi) is 3.77. The van der Waals surface area contributed by atoms with Crippen LogP contribution in [0.4, 0.5) is 5.95 Å². The number of aromatic nitrogens is 2. The molecule has 1 unspecified atom stereocenters. The number of anilines is 1. The highest BCUT2D eigenvalue weighted by Gasteiger charge is 2.53. The summed E-state index contributed by atoms with van der Waals surface area (Å²) in [5, 5.41) is 5.40. The van der Waals surface area contributed by atoms with E-state index in [0.29, 0.717) is 0 Å². The van der Waals surface area contributed by atoms with E-state index in [-0.39, 0.29) is 17.4 Å². The Morgan fingerprint density at radius 3 is 2.12 bits per heavy atom. The van der Waals surface area contributed by atoms with E-state index in [1.807, 2.05) is 0 Å². The summed E-state index contributed by atoms with van der Waals surface area (Å²) in [6, 6.07) is 1.69. The van der Waals surface area contributed by atoms with E-state index in [1.54, 1.807) is 6.07 Å². The van der Waals surface area contributed by atoms with Crippen LogP contribution in [-0.4, -0.2) is 27.8 Å².